The summed E-state index contributed by atoms with van der Waals surface area (Å²) in [5.74, 6) is -0.384. The van der Waals surface area contributed by atoms with Gasteiger partial charge in [0.25, 0.3) is 0 Å². The van der Waals surface area contributed by atoms with Crippen molar-refractivity contribution in [3.05, 3.63) is 71.8 Å². The van der Waals surface area contributed by atoms with Crippen LogP contribution in [0.5, 0.6) is 11.5 Å². The Morgan fingerprint density at radius 3 is 2.53 bits per heavy atom. The van der Waals surface area contributed by atoms with Crippen molar-refractivity contribution in [2.45, 2.75) is 20.8 Å². The first-order valence-electron chi connectivity index (χ1n) is 10.4. The molecular formula is C25H22N4O5. The van der Waals surface area contributed by atoms with Gasteiger partial charge in [-0.1, -0.05) is 30.3 Å². The van der Waals surface area contributed by atoms with Crippen molar-refractivity contribution in [3.63, 3.8) is 0 Å². The number of para-hydroxylation sites is 1. The van der Waals surface area contributed by atoms with E-state index in [1.54, 1.807) is 37.3 Å². The van der Waals surface area contributed by atoms with Gasteiger partial charge in [-0.15, -0.1) is 0 Å². The summed E-state index contributed by atoms with van der Waals surface area (Å²) < 4.78 is 4.69. The van der Waals surface area contributed by atoms with E-state index in [2.05, 4.69) is 20.4 Å². The number of aromatic hydroxyl groups is 1. The monoisotopic (exact) mass is 458 g/mol. The Hall–Kier alpha value is -4.66. The molecule has 0 spiro atoms. The second kappa shape index (κ2) is 9.07. The topological polar surface area (TPSA) is 124 Å². The molecule has 1 aliphatic rings. The number of hydrazone groups is 2. The molecule has 0 aromatic heterocycles. The Morgan fingerprint density at radius 1 is 1.03 bits per heavy atom. The number of hydrogen-bond donors (Lipinski definition) is 3. The van der Waals surface area contributed by atoms with Gasteiger partial charge in [0.05, 0.1) is 17.1 Å². The van der Waals surface area contributed by atoms with Crippen molar-refractivity contribution in [2.24, 2.45) is 10.2 Å². The number of rotatable bonds is 5. The number of carbonyl (C=O) groups excluding carboxylic acids is 1. The molecule has 1 aliphatic heterocycles. The average Bonchev–Trinajstić information content (AvgIpc) is 3.08. The van der Waals surface area contributed by atoms with Crippen molar-refractivity contribution < 1.29 is 24.5 Å². The maximum absolute atomic E-state index is 12.9. The molecule has 0 saturated heterocycles. The third-order valence-electron chi connectivity index (χ3n) is 5.40. The van der Waals surface area contributed by atoms with E-state index in [0.29, 0.717) is 22.5 Å². The summed E-state index contributed by atoms with van der Waals surface area (Å²) in [6, 6.07) is 16.9. The SMILES string of the molecule is CC1=NN(c2ccc(C)c(C)c2)C(=O)/C1=N\Nc1cccc(-c2cccc(OC(=O)O)c2)c1O. The van der Waals surface area contributed by atoms with E-state index in [0.717, 1.165) is 11.1 Å². The second-order valence-corrected chi connectivity index (χ2v) is 7.74. The minimum atomic E-state index is -1.43. The predicted molar refractivity (Wildman–Crippen MR) is 130 cm³/mol. The maximum atomic E-state index is 12.9. The van der Waals surface area contributed by atoms with E-state index in [9.17, 15) is 14.7 Å². The molecule has 0 fully saturated rings. The highest BCUT2D eigenvalue weighted by molar-refractivity contribution is 6.71. The Kier molecular flexibility index (Phi) is 6.01. The summed E-state index contributed by atoms with van der Waals surface area (Å²) in [7, 11) is 0. The Bertz CT molecular complexity index is 1360. The van der Waals surface area contributed by atoms with Gasteiger partial charge in [-0.2, -0.15) is 15.2 Å². The van der Waals surface area contributed by atoms with Gasteiger partial charge in [0, 0.05) is 5.56 Å². The van der Waals surface area contributed by atoms with Crippen LogP contribution in [-0.2, 0) is 4.79 Å². The number of nitrogens with zero attached hydrogens (tertiary/aromatic N) is 3. The minimum absolute atomic E-state index is 0.120. The van der Waals surface area contributed by atoms with Gasteiger partial charge in [0.2, 0.25) is 0 Å². The van der Waals surface area contributed by atoms with Crippen LogP contribution in [0.4, 0.5) is 16.2 Å². The molecular weight excluding hydrogens is 436 g/mol. The maximum Gasteiger partial charge on any atom is 0.511 e. The quantitative estimate of drug-likeness (QED) is 0.216. The molecule has 0 unspecified atom stereocenters. The number of phenols is 1. The Labute approximate surface area is 195 Å². The van der Waals surface area contributed by atoms with Crippen molar-refractivity contribution in [3.8, 4) is 22.6 Å². The standard InChI is InChI=1S/C25H22N4O5/c1-14-10-11-18(12-15(14)2)29-24(31)22(16(3)28-29)27-26-21-9-5-8-20(23(21)30)17-6-4-7-19(13-17)34-25(32)33/h4-13,26,30H,1-3H3,(H,32,33)/b27-22-. The highest BCUT2D eigenvalue weighted by atomic mass is 16.7. The number of carboxylic acid groups (broad SMARTS) is 1. The fraction of sp³-hybridized carbons (Fsp3) is 0.120. The van der Waals surface area contributed by atoms with Crippen LogP contribution in [-0.4, -0.2) is 33.7 Å². The molecule has 3 N–H and O–H groups in total. The van der Waals surface area contributed by atoms with Crippen LogP contribution in [0.1, 0.15) is 18.1 Å². The van der Waals surface area contributed by atoms with E-state index < -0.39 is 6.16 Å². The molecule has 172 valence electrons. The number of carbonyl (C=O) groups is 2. The number of amides is 1. The van der Waals surface area contributed by atoms with Gasteiger partial charge < -0.3 is 14.9 Å². The molecule has 0 bridgehead atoms. The zero-order valence-electron chi connectivity index (χ0n) is 18.7. The molecule has 9 nitrogen and oxygen atoms in total. The first kappa shape index (κ1) is 22.5. The van der Waals surface area contributed by atoms with Crippen LogP contribution in [0, 0.1) is 13.8 Å². The van der Waals surface area contributed by atoms with Gasteiger partial charge in [-0.3, -0.25) is 10.2 Å². The Balaban J connectivity index is 1.59. The molecule has 4 rings (SSSR count). The summed E-state index contributed by atoms with van der Waals surface area (Å²) in [6.07, 6.45) is -1.43. The molecule has 1 amide bonds. The lowest BCUT2D eigenvalue weighted by atomic mass is 10.0. The molecule has 0 aliphatic carbocycles. The van der Waals surface area contributed by atoms with Crippen LogP contribution < -0.4 is 15.2 Å². The van der Waals surface area contributed by atoms with E-state index in [-0.39, 0.29) is 28.8 Å². The van der Waals surface area contributed by atoms with Gasteiger partial charge in [0.15, 0.2) is 5.71 Å². The van der Waals surface area contributed by atoms with Crippen molar-refractivity contribution in [1.82, 2.24) is 0 Å². The molecule has 0 saturated carbocycles. The molecule has 3 aromatic carbocycles. The lowest BCUT2D eigenvalue weighted by Gasteiger charge is -2.13. The highest BCUT2D eigenvalue weighted by Gasteiger charge is 2.31. The summed E-state index contributed by atoms with van der Waals surface area (Å²) in [6.45, 7) is 5.64. The third-order valence-corrected chi connectivity index (χ3v) is 5.40. The highest BCUT2D eigenvalue weighted by Crippen LogP contribution is 2.36. The molecule has 0 radical (unpaired) electrons. The van der Waals surface area contributed by atoms with Crippen LogP contribution in [0.2, 0.25) is 0 Å². The zero-order valence-corrected chi connectivity index (χ0v) is 18.7. The van der Waals surface area contributed by atoms with Crippen molar-refractivity contribution in [1.29, 1.82) is 0 Å². The van der Waals surface area contributed by atoms with Crippen LogP contribution in [0.15, 0.2) is 70.9 Å². The summed E-state index contributed by atoms with van der Waals surface area (Å²) in [4.78, 5) is 23.8. The Morgan fingerprint density at radius 2 is 1.79 bits per heavy atom. The number of phenolic OH excluding ortho intramolecular Hbond substituents is 1. The van der Waals surface area contributed by atoms with Crippen molar-refractivity contribution in [2.75, 3.05) is 10.4 Å². The summed E-state index contributed by atoms with van der Waals surface area (Å²) in [5.41, 5.74) is 7.35. The first-order valence-corrected chi connectivity index (χ1v) is 10.4. The fourth-order valence-electron chi connectivity index (χ4n) is 3.47. The van der Waals surface area contributed by atoms with E-state index >= 15 is 0 Å². The van der Waals surface area contributed by atoms with E-state index in [1.165, 1.54) is 17.1 Å². The molecule has 1 heterocycles. The second-order valence-electron chi connectivity index (χ2n) is 7.74. The fourth-order valence-corrected chi connectivity index (χ4v) is 3.47. The number of anilines is 2. The van der Waals surface area contributed by atoms with Gasteiger partial charge in [-0.05, 0) is 67.8 Å². The molecule has 3 aromatic rings. The lowest BCUT2D eigenvalue weighted by molar-refractivity contribution is -0.112. The predicted octanol–water partition coefficient (Wildman–Crippen LogP) is 4.92. The number of nitrogens with one attached hydrogen (secondary N) is 1. The largest absolute Gasteiger partial charge is 0.511 e. The summed E-state index contributed by atoms with van der Waals surface area (Å²) in [5, 5.41) is 29.5. The van der Waals surface area contributed by atoms with E-state index in [1.807, 2.05) is 32.0 Å². The average molecular weight is 458 g/mol. The van der Waals surface area contributed by atoms with Gasteiger partial charge >= 0.3 is 12.1 Å². The zero-order chi connectivity index (χ0) is 24.4. The lowest BCUT2D eigenvalue weighted by Crippen LogP contribution is -2.28. The number of aryl methyl sites for hydroxylation is 2. The molecule has 34 heavy (non-hydrogen) atoms. The number of benzene rings is 3. The molecule has 0 atom stereocenters. The number of ether oxygens (including phenoxy) is 1. The van der Waals surface area contributed by atoms with Gasteiger partial charge in [-0.25, -0.2) is 4.79 Å². The van der Waals surface area contributed by atoms with Crippen LogP contribution in [0.3, 0.4) is 0 Å². The normalized spacial score (nSPS) is 14.3. The van der Waals surface area contributed by atoms with Crippen LogP contribution in [0.25, 0.3) is 11.1 Å². The van der Waals surface area contributed by atoms with Crippen molar-refractivity contribution >= 4 is 34.9 Å². The van der Waals surface area contributed by atoms with Crippen LogP contribution >= 0.6 is 0 Å². The minimum Gasteiger partial charge on any atom is -0.505 e. The third kappa shape index (κ3) is 4.44. The number of hydrogen-bond acceptors (Lipinski definition) is 7. The smallest absolute Gasteiger partial charge is 0.505 e. The van der Waals surface area contributed by atoms with E-state index in [4.69, 9.17) is 5.11 Å². The van der Waals surface area contributed by atoms with Gasteiger partial charge in [0.1, 0.15) is 11.5 Å². The summed E-state index contributed by atoms with van der Waals surface area (Å²) >= 11 is 0. The first-order chi connectivity index (χ1) is 16.2. The molecule has 9 heteroatoms.